The van der Waals surface area contributed by atoms with E-state index in [-0.39, 0.29) is 5.92 Å². The summed E-state index contributed by atoms with van der Waals surface area (Å²) in [4.78, 5) is 7.18. The van der Waals surface area contributed by atoms with Crippen LogP contribution >= 0.6 is 0 Å². The molecule has 0 saturated carbocycles. The summed E-state index contributed by atoms with van der Waals surface area (Å²) < 4.78 is 11.5. The van der Waals surface area contributed by atoms with Crippen LogP contribution < -0.4 is 9.47 Å². The van der Waals surface area contributed by atoms with Crippen LogP contribution in [0.2, 0.25) is 0 Å². The summed E-state index contributed by atoms with van der Waals surface area (Å²) in [7, 11) is 3.43. The zero-order valence-corrected chi connectivity index (χ0v) is 18.2. The van der Waals surface area contributed by atoms with Crippen LogP contribution in [0.25, 0.3) is 21.8 Å². The molecule has 0 aliphatic rings. The third-order valence-electron chi connectivity index (χ3n) is 6.21. The van der Waals surface area contributed by atoms with E-state index in [1.165, 1.54) is 21.9 Å². The van der Waals surface area contributed by atoms with Gasteiger partial charge in [-0.3, -0.25) is 0 Å². The molecule has 0 saturated heterocycles. The molecule has 0 atom stereocenters. The van der Waals surface area contributed by atoms with Crippen molar-refractivity contribution < 1.29 is 9.47 Å². The molecule has 0 aliphatic heterocycles. The smallest absolute Gasteiger partial charge is 0.123 e. The van der Waals surface area contributed by atoms with Gasteiger partial charge in [-0.05, 0) is 55.3 Å². The van der Waals surface area contributed by atoms with Crippen molar-refractivity contribution in [1.82, 2.24) is 9.97 Å². The highest BCUT2D eigenvalue weighted by atomic mass is 16.5. The van der Waals surface area contributed by atoms with E-state index in [2.05, 4.69) is 78.4 Å². The van der Waals surface area contributed by atoms with Crippen LogP contribution in [0.3, 0.4) is 0 Å². The number of aryl methyl sites for hydroxylation is 2. The lowest BCUT2D eigenvalue weighted by atomic mass is 9.81. The van der Waals surface area contributed by atoms with Gasteiger partial charge in [-0.2, -0.15) is 0 Å². The van der Waals surface area contributed by atoms with E-state index in [1.54, 1.807) is 14.2 Å². The van der Waals surface area contributed by atoms with Gasteiger partial charge in [0.25, 0.3) is 0 Å². The highest BCUT2D eigenvalue weighted by Gasteiger charge is 2.29. The maximum Gasteiger partial charge on any atom is 0.123 e. The number of H-pyrrole nitrogens is 2. The van der Waals surface area contributed by atoms with Gasteiger partial charge < -0.3 is 19.4 Å². The number of hydrogen-bond donors (Lipinski definition) is 2. The van der Waals surface area contributed by atoms with Crippen molar-refractivity contribution in [3.63, 3.8) is 0 Å². The van der Waals surface area contributed by atoms with Crippen molar-refractivity contribution in [2.45, 2.75) is 19.8 Å². The van der Waals surface area contributed by atoms with Crippen LogP contribution in [-0.4, -0.2) is 24.2 Å². The van der Waals surface area contributed by atoms with Crippen LogP contribution in [0, 0.1) is 13.8 Å². The summed E-state index contributed by atoms with van der Waals surface area (Å²) in [5, 5.41) is 2.44. The fourth-order valence-corrected chi connectivity index (χ4v) is 4.86. The molecular formula is C27H26N2O2. The van der Waals surface area contributed by atoms with E-state index in [0.29, 0.717) is 0 Å². The number of nitrogens with one attached hydrogen (secondary N) is 2. The number of methoxy groups -OCH3 is 2. The number of aromatic amines is 2. The Labute approximate surface area is 181 Å². The molecule has 5 rings (SSSR count). The van der Waals surface area contributed by atoms with Crippen molar-refractivity contribution in [3.8, 4) is 11.5 Å². The second-order valence-electron chi connectivity index (χ2n) is 7.96. The maximum absolute atomic E-state index is 5.85. The van der Waals surface area contributed by atoms with Crippen LogP contribution in [0.1, 0.15) is 34.0 Å². The summed E-state index contributed by atoms with van der Waals surface area (Å²) in [6, 6.07) is 23.0. The second-order valence-corrected chi connectivity index (χ2v) is 7.96. The molecule has 0 amide bonds. The zero-order chi connectivity index (χ0) is 21.5. The van der Waals surface area contributed by atoms with Crippen molar-refractivity contribution in [2.75, 3.05) is 14.2 Å². The third-order valence-corrected chi connectivity index (χ3v) is 6.21. The van der Waals surface area contributed by atoms with Crippen molar-refractivity contribution >= 4 is 21.8 Å². The lowest BCUT2D eigenvalue weighted by molar-refractivity contribution is 0.398. The van der Waals surface area contributed by atoms with Crippen molar-refractivity contribution in [2.24, 2.45) is 0 Å². The number of benzene rings is 3. The minimum absolute atomic E-state index is 0.0302. The monoisotopic (exact) mass is 410 g/mol. The summed E-state index contributed by atoms with van der Waals surface area (Å²) in [6.07, 6.45) is 0. The van der Waals surface area contributed by atoms with Gasteiger partial charge in [0.2, 0.25) is 0 Å². The predicted molar refractivity (Wildman–Crippen MR) is 127 cm³/mol. The van der Waals surface area contributed by atoms with E-state index in [4.69, 9.17) is 9.47 Å². The Morgan fingerprint density at radius 1 is 0.677 bits per heavy atom. The maximum atomic E-state index is 5.85. The van der Waals surface area contributed by atoms with Gasteiger partial charge in [0, 0.05) is 44.7 Å². The molecule has 156 valence electrons. The standard InChI is InChI=1S/C27H26N2O2/c1-16-25(19-9-5-7-11-22(19)28-16)27(21-15-18(30-3)13-14-24(21)31-4)26-17(2)29-23-12-8-6-10-20(23)26/h5-15,27-29H,1-4H3. The molecule has 2 aromatic heterocycles. The van der Waals surface area contributed by atoms with Gasteiger partial charge in [0.1, 0.15) is 11.5 Å². The minimum Gasteiger partial charge on any atom is -0.497 e. The number of aromatic nitrogens is 2. The molecular weight excluding hydrogens is 384 g/mol. The molecule has 0 unspecified atom stereocenters. The molecule has 0 fully saturated rings. The SMILES string of the molecule is COc1ccc(OC)c(C(c2c(C)[nH]c3ccccc23)c2c(C)[nH]c3ccccc23)c1. The molecule has 2 N–H and O–H groups in total. The second kappa shape index (κ2) is 7.55. The first-order chi connectivity index (χ1) is 15.1. The summed E-state index contributed by atoms with van der Waals surface area (Å²) in [5.74, 6) is 1.63. The van der Waals surface area contributed by atoms with Gasteiger partial charge >= 0.3 is 0 Å². The van der Waals surface area contributed by atoms with Crippen molar-refractivity contribution in [1.29, 1.82) is 0 Å². The highest BCUT2D eigenvalue weighted by molar-refractivity contribution is 5.91. The minimum atomic E-state index is -0.0302. The van der Waals surface area contributed by atoms with E-state index in [9.17, 15) is 0 Å². The van der Waals surface area contributed by atoms with Gasteiger partial charge in [-0.25, -0.2) is 0 Å². The zero-order valence-electron chi connectivity index (χ0n) is 18.2. The van der Waals surface area contributed by atoms with Gasteiger partial charge in [-0.1, -0.05) is 36.4 Å². The Bertz CT molecular complexity index is 1310. The van der Waals surface area contributed by atoms with Gasteiger partial charge in [0.15, 0.2) is 0 Å². The molecule has 0 aliphatic carbocycles. The first kappa shape index (κ1) is 19.3. The number of rotatable bonds is 5. The Hall–Kier alpha value is -3.66. The number of hydrogen-bond acceptors (Lipinski definition) is 2. The summed E-state index contributed by atoms with van der Waals surface area (Å²) >= 11 is 0. The Kier molecular flexibility index (Phi) is 4.70. The first-order valence-electron chi connectivity index (χ1n) is 10.5. The molecule has 0 bridgehead atoms. The first-order valence-corrected chi connectivity index (χ1v) is 10.5. The van der Waals surface area contributed by atoms with Crippen LogP contribution in [-0.2, 0) is 0 Å². The molecule has 3 aromatic carbocycles. The summed E-state index contributed by atoms with van der Waals surface area (Å²) in [6.45, 7) is 4.30. The average molecular weight is 411 g/mol. The van der Waals surface area contributed by atoms with Crippen LogP contribution in [0.5, 0.6) is 11.5 Å². The molecule has 4 heteroatoms. The molecule has 31 heavy (non-hydrogen) atoms. The van der Waals surface area contributed by atoms with Gasteiger partial charge in [0.05, 0.1) is 14.2 Å². The van der Waals surface area contributed by atoms with Gasteiger partial charge in [-0.15, -0.1) is 0 Å². The number of ether oxygens (including phenoxy) is 2. The van der Waals surface area contributed by atoms with E-state index >= 15 is 0 Å². The van der Waals surface area contributed by atoms with E-state index in [1.807, 2.05) is 12.1 Å². The topological polar surface area (TPSA) is 50.0 Å². The molecule has 0 spiro atoms. The fourth-order valence-electron chi connectivity index (χ4n) is 4.86. The van der Waals surface area contributed by atoms with Crippen molar-refractivity contribution in [3.05, 3.63) is 94.8 Å². The Morgan fingerprint density at radius 3 is 1.74 bits per heavy atom. The summed E-state index contributed by atoms with van der Waals surface area (Å²) in [5.41, 5.74) is 8.19. The third kappa shape index (κ3) is 3.07. The quantitative estimate of drug-likeness (QED) is 0.349. The number of para-hydroxylation sites is 2. The molecule has 4 nitrogen and oxygen atoms in total. The van der Waals surface area contributed by atoms with Crippen LogP contribution in [0.15, 0.2) is 66.7 Å². The lowest BCUT2D eigenvalue weighted by Crippen LogP contribution is -2.08. The molecule has 2 heterocycles. The Morgan fingerprint density at radius 2 is 1.23 bits per heavy atom. The Balaban J connectivity index is 1.91. The van der Waals surface area contributed by atoms with E-state index in [0.717, 1.165) is 39.5 Å². The highest BCUT2D eigenvalue weighted by Crippen LogP contribution is 2.46. The lowest BCUT2D eigenvalue weighted by Gasteiger charge is -2.23. The average Bonchev–Trinajstić information content (AvgIpc) is 3.30. The molecule has 5 aromatic rings. The normalized spacial score (nSPS) is 11.5. The van der Waals surface area contributed by atoms with Crippen LogP contribution in [0.4, 0.5) is 0 Å². The fraction of sp³-hybridized carbons (Fsp3) is 0.185. The predicted octanol–water partition coefficient (Wildman–Crippen LogP) is 6.46. The van der Waals surface area contributed by atoms with E-state index < -0.39 is 0 Å². The largest absolute Gasteiger partial charge is 0.497 e. The molecule has 0 radical (unpaired) electrons. The number of fused-ring (bicyclic) bond motifs is 2.